The molecule has 0 saturated carbocycles. The van der Waals surface area contributed by atoms with E-state index in [1.807, 2.05) is 20.9 Å². The second-order valence-electron chi connectivity index (χ2n) is 4.38. The van der Waals surface area contributed by atoms with Crippen LogP contribution in [0.5, 0.6) is 0 Å². The van der Waals surface area contributed by atoms with Gasteiger partial charge in [0, 0.05) is 18.3 Å². The van der Waals surface area contributed by atoms with Crippen molar-refractivity contribution in [1.82, 2.24) is 25.3 Å². The van der Waals surface area contributed by atoms with Crippen LogP contribution in [-0.4, -0.2) is 25.9 Å². The number of hydrogen-bond acceptors (Lipinski definition) is 4. The Morgan fingerprint density at radius 1 is 1.40 bits per heavy atom. The molecule has 2 rings (SSSR count). The average molecular weight is 314 g/mol. The van der Waals surface area contributed by atoms with Crippen LogP contribution >= 0.6 is 23.2 Å². The predicted octanol–water partition coefficient (Wildman–Crippen LogP) is 2.32. The molecule has 2 heterocycles. The van der Waals surface area contributed by atoms with Crippen LogP contribution in [0.4, 0.5) is 0 Å². The van der Waals surface area contributed by atoms with Gasteiger partial charge in [-0.15, -0.1) is 10.2 Å². The van der Waals surface area contributed by atoms with Gasteiger partial charge in [-0.2, -0.15) is 5.10 Å². The summed E-state index contributed by atoms with van der Waals surface area (Å²) in [6.07, 6.45) is 1.72. The lowest BCUT2D eigenvalue weighted by Crippen LogP contribution is -2.27. The summed E-state index contributed by atoms with van der Waals surface area (Å²) in [4.78, 5) is 12.2. The maximum atomic E-state index is 12.2. The van der Waals surface area contributed by atoms with Crippen LogP contribution in [0.3, 0.4) is 0 Å². The van der Waals surface area contributed by atoms with Crippen molar-refractivity contribution >= 4 is 29.1 Å². The highest BCUT2D eigenvalue weighted by Crippen LogP contribution is 2.19. The summed E-state index contributed by atoms with van der Waals surface area (Å²) in [5, 5.41) is 14.3. The summed E-state index contributed by atoms with van der Waals surface area (Å²) in [5.74, 6) is -0.359. The van der Waals surface area contributed by atoms with Gasteiger partial charge in [0.2, 0.25) is 0 Å². The Balaban J connectivity index is 2.19. The quantitative estimate of drug-likeness (QED) is 0.943. The minimum Gasteiger partial charge on any atom is -0.345 e. The van der Waals surface area contributed by atoms with E-state index in [1.165, 1.54) is 6.07 Å². The highest BCUT2D eigenvalue weighted by molar-refractivity contribution is 6.34. The molecule has 2 aromatic rings. The first-order valence-electron chi connectivity index (χ1n) is 5.88. The van der Waals surface area contributed by atoms with Gasteiger partial charge in [-0.3, -0.25) is 9.48 Å². The Morgan fingerprint density at radius 2 is 2.10 bits per heavy atom. The van der Waals surface area contributed by atoms with Crippen LogP contribution in [-0.2, 0) is 7.05 Å². The summed E-state index contributed by atoms with van der Waals surface area (Å²) >= 11 is 11.6. The van der Waals surface area contributed by atoms with E-state index >= 15 is 0 Å². The summed E-state index contributed by atoms with van der Waals surface area (Å²) in [6.45, 7) is 3.80. The van der Waals surface area contributed by atoms with Crippen LogP contribution in [0.2, 0.25) is 10.3 Å². The van der Waals surface area contributed by atoms with E-state index in [-0.39, 0.29) is 27.8 Å². The Kier molecular flexibility index (Phi) is 4.25. The number of nitrogens with one attached hydrogen (secondary N) is 1. The second kappa shape index (κ2) is 5.76. The van der Waals surface area contributed by atoms with Crippen LogP contribution in [0, 0.1) is 6.92 Å². The number of halogens is 2. The number of carbonyl (C=O) groups excluding carboxylic acids is 1. The summed E-state index contributed by atoms with van der Waals surface area (Å²) < 4.78 is 1.75. The lowest BCUT2D eigenvalue weighted by molar-refractivity contribution is 0.0939. The summed E-state index contributed by atoms with van der Waals surface area (Å²) in [6, 6.07) is 1.17. The lowest BCUT2D eigenvalue weighted by Gasteiger charge is -2.14. The van der Waals surface area contributed by atoms with Gasteiger partial charge < -0.3 is 5.32 Å². The van der Waals surface area contributed by atoms with Crippen molar-refractivity contribution in [2.45, 2.75) is 19.9 Å². The normalized spacial score (nSPS) is 12.2. The fraction of sp³-hybridized carbons (Fsp3) is 0.333. The highest BCUT2D eigenvalue weighted by Gasteiger charge is 2.18. The summed E-state index contributed by atoms with van der Waals surface area (Å²) in [7, 11) is 1.84. The molecule has 0 aliphatic carbocycles. The molecule has 0 aliphatic heterocycles. The monoisotopic (exact) mass is 313 g/mol. The van der Waals surface area contributed by atoms with Crippen molar-refractivity contribution in [3.05, 3.63) is 39.4 Å². The summed E-state index contributed by atoms with van der Waals surface area (Å²) in [5.41, 5.74) is 2.11. The molecular weight excluding hydrogens is 301 g/mol. The first-order valence-corrected chi connectivity index (χ1v) is 6.63. The number of hydrogen-bond donors (Lipinski definition) is 1. The third-order valence-electron chi connectivity index (χ3n) is 3.05. The van der Waals surface area contributed by atoms with Gasteiger partial charge in [-0.05, 0) is 19.9 Å². The van der Waals surface area contributed by atoms with Crippen LogP contribution in [0.1, 0.15) is 34.6 Å². The van der Waals surface area contributed by atoms with Gasteiger partial charge in [-0.1, -0.05) is 23.2 Å². The van der Waals surface area contributed by atoms with E-state index in [4.69, 9.17) is 23.2 Å². The number of aromatic nitrogens is 4. The van der Waals surface area contributed by atoms with Gasteiger partial charge in [0.05, 0.1) is 17.8 Å². The maximum absolute atomic E-state index is 12.2. The zero-order valence-electron chi connectivity index (χ0n) is 11.2. The van der Waals surface area contributed by atoms with E-state index < -0.39 is 0 Å². The number of rotatable bonds is 3. The molecule has 1 N–H and O–H groups in total. The molecule has 0 aromatic carbocycles. The number of nitrogens with zero attached hydrogens (tertiary/aromatic N) is 4. The third-order valence-corrected chi connectivity index (χ3v) is 3.51. The number of amides is 1. The fourth-order valence-corrected chi connectivity index (χ4v) is 2.13. The van der Waals surface area contributed by atoms with E-state index in [0.29, 0.717) is 0 Å². The van der Waals surface area contributed by atoms with Crippen molar-refractivity contribution < 1.29 is 4.79 Å². The minimum absolute atomic E-state index is 0.0157. The number of aryl methyl sites for hydroxylation is 1. The van der Waals surface area contributed by atoms with Gasteiger partial charge in [0.15, 0.2) is 10.3 Å². The first kappa shape index (κ1) is 14.7. The van der Waals surface area contributed by atoms with Gasteiger partial charge in [0.1, 0.15) is 0 Å². The minimum atomic E-state index is -0.359. The maximum Gasteiger partial charge on any atom is 0.255 e. The van der Waals surface area contributed by atoms with Crippen molar-refractivity contribution in [1.29, 1.82) is 0 Å². The molecule has 0 radical (unpaired) electrons. The molecule has 106 valence electrons. The zero-order chi connectivity index (χ0) is 14.9. The Bertz CT molecular complexity index is 655. The molecule has 0 fully saturated rings. The topological polar surface area (TPSA) is 72.7 Å². The van der Waals surface area contributed by atoms with E-state index in [9.17, 15) is 4.79 Å². The molecular formula is C12H13Cl2N5O. The molecule has 1 atom stereocenters. The SMILES string of the molecule is Cc1c(C(C)NC(=O)c2cc(Cl)nnc2Cl)cnn1C. The third kappa shape index (κ3) is 2.91. The molecule has 1 unspecified atom stereocenters. The molecule has 0 spiro atoms. The van der Waals surface area contributed by atoms with Crippen molar-refractivity contribution in [3.63, 3.8) is 0 Å². The zero-order valence-corrected chi connectivity index (χ0v) is 12.7. The Labute approximate surface area is 126 Å². The van der Waals surface area contributed by atoms with Crippen molar-refractivity contribution in [3.8, 4) is 0 Å². The Hall–Kier alpha value is -1.66. The fourth-order valence-electron chi connectivity index (χ4n) is 1.81. The van der Waals surface area contributed by atoms with Crippen LogP contribution in [0.15, 0.2) is 12.3 Å². The lowest BCUT2D eigenvalue weighted by atomic mass is 10.1. The van der Waals surface area contributed by atoms with Gasteiger partial charge in [0.25, 0.3) is 5.91 Å². The molecule has 6 nitrogen and oxygen atoms in total. The van der Waals surface area contributed by atoms with E-state index in [2.05, 4.69) is 20.6 Å². The predicted molar refractivity (Wildman–Crippen MR) is 75.9 cm³/mol. The van der Waals surface area contributed by atoms with E-state index in [1.54, 1.807) is 10.9 Å². The standard InChI is InChI=1S/C12H13Cl2N5O/c1-6(9-5-15-19(3)7(9)2)16-12(20)8-4-10(13)17-18-11(8)14/h4-6H,1-3H3,(H,16,20). The van der Waals surface area contributed by atoms with Gasteiger partial charge in [-0.25, -0.2) is 0 Å². The molecule has 8 heteroatoms. The Morgan fingerprint density at radius 3 is 2.70 bits per heavy atom. The van der Waals surface area contributed by atoms with Crippen LogP contribution < -0.4 is 5.32 Å². The second-order valence-corrected chi connectivity index (χ2v) is 5.12. The van der Waals surface area contributed by atoms with E-state index in [0.717, 1.165) is 11.3 Å². The molecule has 1 amide bonds. The molecule has 0 saturated heterocycles. The number of carbonyl (C=O) groups is 1. The molecule has 0 aliphatic rings. The smallest absolute Gasteiger partial charge is 0.255 e. The molecule has 20 heavy (non-hydrogen) atoms. The molecule has 2 aromatic heterocycles. The van der Waals surface area contributed by atoms with Crippen LogP contribution in [0.25, 0.3) is 0 Å². The van der Waals surface area contributed by atoms with Gasteiger partial charge >= 0.3 is 0 Å². The highest BCUT2D eigenvalue weighted by atomic mass is 35.5. The largest absolute Gasteiger partial charge is 0.345 e. The average Bonchev–Trinajstić information content (AvgIpc) is 2.73. The van der Waals surface area contributed by atoms with Crippen molar-refractivity contribution in [2.24, 2.45) is 7.05 Å². The van der Waals surface area contributed by atoms with Crippen molar-refractivity contribution in [2.75, 3.05) is 0 Å². The first-order chi connectivity index (χ1) is 9.40. The molecule has 0 bridgehead atoms.